The maximum atomic E-state index is 2.50. The monoisotopic (exact) mass is 419 g/mol. The first-order chi connectivity index (χ1) is 12.2. The number of thiophene rings is 3. The summed E-state index contributed by atoms with van der Waals surface area (Å²) >= 11 is 5.90. The van der Waals surface area contributed by atoms with Crippen molar-refractivity contribution in [3.05, 3.63) is 41.8 Å². The zero-order valence-electron chi connectivity index (χ0n) is 15.6. The minimum atomic E-state index is -1.28. The van der Waals surface area contributed by atoms with Gasteiger partial charge in [-0.05, 0) is 34.1 Å². The first-order valence-corrected chi connectivity index (χ1v) is 17.1. The molecule has 0 saturated carbocycles. The Balaban J connectivity index is 1.93. The third-order valence-corrected chi connectivity index (χ3v) is 26.4. The molecule has 25 heavy (non-hydrogen) atoms. The molecule has 3 heterocycles. The van der Waals surface area contributed by atoms with Crippen LogP contribution in [0.2, 0.25) is 24.2 Å². The number of hydrogen-bond donors (Lipinski definition) is 0. The number of rotatable bonds is 8. The summed E-state index contributed by atoms with van der Waals surface area (Å²) in [5.41, 5.74) is 0. The molecule has 0 nitrogen and oxygen atoms in total. The van der Waals surface area contributed by atoms with Crippen molar-refractivity contribution in [1.29, 1.82) is 0 Å². The lowest BCUT2D eigenvalue weighted by Crippen LogP contribution is -2.58. The van der Waals surface area contributed by atoms with E-state index in [0.717, 1.165) is 0 Å². The van der Waals surface area contributed by atoms with Crippen molar-refractivity contribution in [3.8, 4) is 19.5 Å². The summed E-state index contributed by atoms with van der Waals surface area (Å²) in [7, 11) is -1.50. The van der Waals surface area contributed by atoms with Gasteiger partial charge < -0.3 is 0 Å². The predicted molar refractivity (Wildman–Crippen MR) is 124 cm³/mol. The molecule has 0 fully saturated rings. The van der Waals surface area contributed by atoms with Gasteiger partial charge in [0.2, 0.25) is 0 Å². The highest BCUT2D eigenvalue weighted by Gasteiger charge is 2.40. The van der Waals surface area contributed by atoms with Crippen LogP contribution in [-0.2, 0) is 0 Å². The van der Waals surface area contributed by atoms with E-state index in [0.29, 0.717) is 0 Å². The van der Waals surface area contributed by atoms with Crippen molar-refractivity contribution in [2.24, 2.45) is 0 Å². The van der Waals surface area contributed by atoms with Gasteiger partial charge in [0.1, 0.15) is 0 Å². The highest BCUT2D eigenvalue weighted by Crippen LogP contribution is 2.39. The van der Waals surface area contributed by atoms with Gasteiger partial charge in [-0.25, -0.2) is 0 Å². The van der Waals surface area contributed by atoms with Gasteiger partial charge in [0.05, 0.1) is 7.59 Å². The Bertz CT molecular complexity index is 778. The molecule has 0 N–H and O–H groups in total. The van der Waals surface area contributed by atoms with Crippen molar-refractivity contribution < 1.29 is 0 Å². The van der Waals surface area contributed by atoms with E-state index < -0.39 is 7.59 Å². The smallest absolute Gasteiger partial charge is 0.0896 e. The van der Waals surface area contributed by atoms with E-state index in [-0.39, 0.29) is 8.31 Å². The summed E-state index contributed by atoms with van der Waals surface area (Å²) in [4.78, 5) is 5.72. The van der Waals surface area contributed by atoms with E-state index in [4.69, 9.17) is 0 Å². The molecule has 3 rings (SSSR count). The van der Waals surface area contributed by atoms with Gasteiger partial charge in [-0.2, -0.15) is 0 Å². The third kappa shape index (κ3) is 3.67. The second-order valence-corrected chi connectivity index (χ2v) is 21.6. The van der Waals surface area contributed by atoms with E-state index in [9.17, 15) is 0 Å². The van der Waals surface area contributed by atoms with Crippen molar-refractivity contribution in [1.82, 2.24) is 0 Å². The van der Waals surface area contributed by atoms with E-state index >= 15 is 0 Å². The SMILES string of the molecule is CC[Si](CC)[Si](CC)(CC)c1ccc(-c2ccc(-c3cccs3)s2)s1. The van der Waals surface area contributed by atoms with Gasteiger partial charge in [-0.15, -0.1) is 34.0 Å². The molecule has 0 aliphatic carbocycles. The molecule has 0 saturated heterocycles. The summed E-state index contributed by atoms with van der Waals surface area (Å²) in [6, 6.07) is 19.6. The molecule has 3 aromatic rings. The molecule has 133 valence electrons. The largest absolute Gasteiger partial charge is 0.144 e. The third-order valence-electron chi connectivity index (χ3n) is 5.43. The average molecular weight is 420 g/mol. The molecular weight excluding hydrogens is 393 g/mol. The first-order valence-electron chi connectivity index (χ1n) is 9.28. The summed E-state index contributed by atoms with van der Waals surface area (Å²) in [6.07, 6.45) is 0. The van der Waals surface area contributed by atoms with Crippen LogP contribution >= 0.6 is 34.0 Å². The lowest BCUT2D eigenvalue weighted by Gasteiger charge is -2.35. The van der Waals surface area contributed by atoms with Crippen molar-refractivity contribution in [2.75, 3.05) is 0 Å². The molecule has 0 atom stereocenters. The van der Waals surface area contributed by atoms with E-state index in [1.54, 1.807) is 4.50 Å². The fourth-order valence-electron chi connectivity index (χ4n) is 3.95. The Kier molecular flexibility index (Phi) is 6.55. The van der Waals surface area contributed by atoms with Crippen LogP contribution in [0.15, 0.2) is 41.8 Å². The minimum absolute atomic E-state index is 0.219. The molecule has 0 spiro atoms. The van der Waals surface area contributed by atoms with Gasteiger partial charge in [0.25, 0.3) is 0 Å². The lowest BCUT2D eigenvalue weighted by atomic mass is 10.3. The lowest BCUT2D eigenvalue weighted by molar-refractivity contribution is 1.27. The van der Waals surface area contributed by atoms with Crippen molar-refractivity contribution in [2.45, 2.75) is 51.9 Å². The van der Waals surface area contributed by atoms with Crippen LogP contribution in [0.5, 0.6) is 0 Å². The quantitative estimate of drug-likeness (QED) is 0.331. The minimum Gasteiger partial charge on any atom is -0.144 e. The Morgan fingerprint density at radius 2 is 1.36 bits per heavy atom. The fraction of sp³-hybridized carbons (Fsp3) is 0.400. The predicted octanol–water partition coefficient (Wildman–Crippen LogP) is 7.51. The molecule has 0 aliphatic heterocycles. The Morgan fingerprint density at radius 3 is 1.92 bits per heavy atom. The summed E-state index contributed by atoms with van der Waals surface area (Å²) in [6.45, 7) is 9.80. The summed E-state index contributed by atoms with van der Waals surface area (Å²) in [5.74, 6) is 0. The molecule has 0 amide bonds. The summed E-state index contributed by atoms with van der Waals surface area (Å²) in [5, 5.41) is 2.17. The molecule has 3 aromatic heterocycles. The van der Waals surface area contributed by atoms with Crippen LogP contribution in [0, 0.1) is 0 Å². The van der Waals surface area contributed by atoms with Crippen LogP contribution in [0.3, 0.4) is 0 Å². The van der Waals surface area contributed by atoms with Gasteiger partial charge in [0, 0.05) is 27.8 Å². The van der Waals surface area contributed by atoms with Crippen LogP contribution in [0.4, 0.5) is 0 Å². The van der Waals surface area contributed by atoms with Gasteiger partial charge in [-0.1, -0.05) is 64.0 Å². The maximum Gasteiger partial charge on any atom is 0.0896 e. The van der Waals surface area contributed by atoms with Crippen LogP contribution in [0.1, 0.15) is 27.7 Å². The number of hydrogen-bond acceptors (Lipinski definition) is 3. The maximum absolute atomic E-state index is 2.50. The highest BCUT2D eigenvalue weighted by molar-refractivity contribution is 7.47. The topological polar surface area (TPSA) is 0 Å². The first kappa shape index (κ1) is 19.3. The van der Waals surface area contributed by atoms with E-state index in [1.165, 1.54) is 43.7 Å². The molecule has 0 unspecified atom stereocenters. The normalized spacial score (nSPS) is 12.2. The molecule has 0 bridgehead atoms. The average Bonchev–Trinajstić information content (AvgIpc) is 3.40. The molecule has 0 aliphatic rings. The highest BCUT2D eigenvalue weighted by atomic mass is 32.1. The van der Waals surface area contributed by atoms with Crippen LogP contribution in [-0.4, -0.2) is 15.9 Å². The van der Waals surface area contributed by atoms with E-state index in [2.05, 4.69) is 80.8 Å². The molecular formula is C20H27S3Si2. The Hall–Kier alpha value is -0.466. The fourth-order valence-corrected chi connectivity index (χ4v) is 23.5. The Labute approximate surface area is 167 Å². The van der Waals surface area contributed by atoms with Crippen molar-refractivity contribution >= 4 is 54.4 Å². The van der Waals surface area contributed by atoms with Gasteiger partial charge in [-0.3, -0.25) is 0 Å². The van der Waals surface area contributed by atoms with Gasteiger partial charge >= 0.3 is 0 Å². The van der Waals surface area contributed by atoms with Crippen LogP contribution in [0.25, 0.3) is 19.5 Å². The van der Waals surface area contributed by atoms with Gasteiger partial charge in [0.15, 0.2) is 0 Å². The standard InChI is InChI=1S/C20H27S3Si2/c1-5-24(6-2)25(7-3,8-4)20-14-13-19(23-20)18-12-11-17(22-18)16-10-9-15-21-16/h9-15H,5-8H2,1-4H3. The second kappa shape index (κ2) is 8.48. The zero-order chi connectivity index (χ0) is 17.9. The zero-order valence-corrected chi connectivity index (χ0v) is 20.0. The Morgan fingerprint density at radius 1 is 0.760 bits per heavy atom. The van der Waals surface area contributed by atoms with Crippen molar-refractivity contribution in [3.63, 3.8) is 0 Å². The van der Waals surface area contributed by atoms with E-state index in [1.807, 2.05) is 22.7 Å². The second-order valence-electron chi connectivity index (χ2n) is 6.40. The summed E-state index contributed by atoms with van der Waals surface area (Å²) < 4.78 is 1.77. The molecule has 0 aromatic carbocycles. The molecule has 5 heteroatoms. The molecule has 1 radical (unpaired) electrons. The van der Waals surface area contributed by atoms with Crippen LogP contribution < -0.4 is 4.50 Å².